The summed E-state index contributed by atoms with van der Waals surface area (Å²) in [5, 5.41) is 11.8. The zero-order chi connectivity index (χ0) is 13.0. The van der Waals surface area contributed by atoms with E-state index in [0.717, 1.165) is 44.7 Å². The van der Waals surface area contributed by atoms with Gasteiger partial charge in [0.2, 0.25) is 0 Å². The lowest BCUT2D eigenvalue weighted by Gasteiger charge is -2.31. The minimum Gasteiger partial charge on any atom is -0.409 e. The standard InChI is InChI=1S/C12H21N5O/c1-16-8-5-14-11(16)4-7-17-6-2-3-10(9-17)12(13)15-18/h5,8,10,18H,2-4,6-7,9H2,1H3,(H2,13,15). The molecule has 6 nitrogen and oxygen atoms in total. The van der Waals surface area contributed by atoms with Gasteiger partial charge < -0.3 is 20.4 Å². The van der Waals surface area contributed by atoms with Crippen molar-refractivity contribution >= 4 is 5.84 Å². The van der Waals surface area contributed by atoms with Gasteiger partial charge in [0.15, 0.2) is 0 Å². The van der Waals surface area contributed by atoms with Crippen LogP contribution in [-0.4, -0.2) is 45.1 Å². The van der Waals surface area contributed by atoms with E-state index in [2.05, 4.69) is 15.0 Å². The number of aryl methyl sites for hydroxylation is 1. The van der Waals surface area contributed by atoms with Crippen LogP contribution in [0.15, 0.2) is 17.5 Å². The van der Waals surface area contributed by atoms with Crippen molar-refractivity contribution in [3.63, 3.8) is 0 Å². The number of imidazole rings is 1. The Hall–Kier alpha value is -1.56. The molecule has 0 amide bonds. The van der Waals surface area contributed by atoms with Gasteiger partial charge in [-0.25, -0.2) is 4.98 Å². The molecule has 2 rings (SSSR count). The fourth-order valence-corrected chi connectivity index (χ4v) is 2.48. The van der Waals surface area contributed by atoms with E-state index in [-0.39, 0.29) is 5.92 Å². The van der Waals surface area contributed by atoms with E-state index in [1.165, 1.54) is 0 Å². The maximum absolute atomic E-state index is 8.72. The first-order valence-corrected chi connectivity index (χ1v) is 6.36. The number of rotatable bonds is 4. The Kier molecular flexibility index (Phi) is 4.19. The average molecular weight is 251 g/mol. The van der Waals surface area contributed by atoms with Gasteiger partial charge in [0.25, 0.3) is 0 Å². The first kappa shape index (κ1) is 12.9. The monoisotopic (exact) mass is 251 g/mol. The lowest BCUT2D eigenvalue weighted by atomic mass is 9.97. The van der Waals surface area contributed by atoms with Crippen molar-refractivity contribution in [2.75, 3.05) is 19.6 Å². The molecule has 0 radical (unpaired) electrons. The molecule has 1 saturated heterocycles. The number of nitrogens with zero attached hydrogens (tertiary/aromatic N) is 4. The first-order chi connectivity index (χ1) is 8.70. The van der Waals surface area contributed by atoms with Crippen LogP contribution < -0.4 is 5.73 Å². The molecule has 100 valence electrons. The van der Waals surface area contributed by atoms with Crippen LogP contribution in [-0.2, 0) is 13.5 Å². The van der Waals surface area contributed by atoms with Crippen LogP contribution in [0.4, 0.5) is 0 Å². The molecule has 1 atom stereocenters. The molecule has 1 fully saturated rings. The molecular formula is C12H21N5O. The highest BCUT2D eigenvalue weighted by atomic mass is 16.4. The fraction of sp³-hybridized carbons (Fsp3) is 0.667. The van der Waals surface area contributed by atoms with Crippen molar-refractivity contribution in [3.05, 3.63) is 18.2 Å². The van der Waals surface area contributed by atoms with E-state index >= 15 is 0 Å². The summed E-state index contributed by atoms with van der Waals surface area (Å²) in [6, 6.07) is 0. The number of hydrogen-bond acceptors (Lipinski definition) is 4. The number of hydrogen-bond donors (Lipinski definition) is 2. The molecule has 6 heteroatoms. The SMILES string of the molecule is Cn1ccnc1CCN1CCCC(/C(N)=N/O)C1. The highest BCUT2D eigenvalue weighted by Gasteiger charge is 2.23. The highest BCUT2D eigenvalue weighted by Crippen LogP contribution is 2.16. The van der Waals surface area contributed by atoms with Gasteiger partial charge in [-0.2, -0.15) is 0 Å². The molecule has 0 bridgehead atoms. The predicted molar refractivity (Wildman–Crippen MR) is 69.5 cm³/mol. The van der Waals surface area contributed by atoms with Gasteiger partial charge in [-0.15, -0.1) is 0 Å². The topological polar surface area (TPSA) is 79.7 Å². The van der Waals surface area contributed by atoms with Crippen LogP contribution in [0.1, 0.15) is 18.7 Å². The molecule has 1 aromatic rings. The number of nitrogens with two attached hydrogens (primary N) is 1. The van der Waals surface area contributed by atoms with Gasteiger partial charge in [-0.1, -0.05) is 5.16 Å². The van der Waals surface area contributed by atoms with E-state index in [4.69, 9.17) is 10.9 Å². The Bertz CT molecular complexity index is 414. The summed E-state index contributed by atoms with van der Waals surface area (Å²) in [6.07, 6.45) is 6.83. The summed E-state index contributed by atoms with van der Waals surface area (Å²) in [4.78, 5) is 6.68. The van der Waals surface area contributed by atoms with Crippen LogP contribution in [0.2, 0.25) is 0 Å². The fourth-order valence-electron chi connectivity index (χ4n) is 2.48. The summed E-state index contributed by atoms with van der Waals surface area (Å²) >= 11 is 0. The van der Waals surface area contributed by atoms with Crippen molar-refractivity contribution in [1.82, 2.24) is 14.5 Å². The lowest BCUT2D eigenvalue weighted by Crippen LogP contribution is -2.42. The Labute approximate surface area is 107 Å². The zero-order valence-electron chi connectivity index (χ0n) is 10.8. The minimum atomic E-state index is 0.185. The third kappa shape index (κ3) is 3.01. The van der Waals surface area contributed by atoms with Gasteiger partial charge in [-0.05, 0) is 19.4 Å². The van der Waals surface area contributed by atoms with E-state index in [9.17, 15) is 0 Å². The summed E-state index contributed by atoms with van der Waals surface area (Å²) in [5.74, 6) is 1.64. The summed E-state index contributed by atoms with van der Waals surface area (Å²) in [6.45, 7) is 2.93. The number of amidine groups is 1. The Morgan fingerprint density at radius 2 is 2.50 bits per heavy atom. The lowest BCUT2D eigenvalue weighted by molar-refractivity contribution is 0.201. The first-order valence-electron chi connectivity index (χ1n) is 6.36. The third-order valence-corrected chi connectivity index (χ3v) is 3.61. The second kappa shape index (κ2) is 5.86. The molecule has 18 heavy (non-hydrogen) atoms. The van der Waals surface area contributed by atoms with Crippen LogP contribution in [0.3, 0.4) is 0 Å². The van der Waals surface area contributed by atoms with Crippen LogP contribution in [0, 0.1) is 5.92 Å². The molecule has 2 heterocycles. The van der Waals surface area contributed by atoms with Crippen LogP contribution in [0.25, 0.3) is 0 Å². The maximum Gasteiger partial charge on any atom is 0.143 e. The van der Waals surface area contributed by atoms with E-state index in [1.807, 2.05) is 24.0 Å². The summed E-state index contributed by atoms with van der Waals surface area (Å²) < 4.78 is 2.05. The molecule has 1 aliphatic rings. The molecule has 3 N–H and O–H groups in total. The molecule has 1 unspecified atom stereocenters. The van der Waals surface area contributed by atoms with Crippen LogP contribution in [0.5, 0.6) is 0 Å². The Morgan fingerprint density at radius 1 is 1.67 bits per heavy atom. The van der Waals surface area contributed by atoms with Gasteiger partial charge in [0, 0.05) is 44.9 Å². The van der Waals surface area contributed by atoms with Crippen molar-refractivity contribution in [3.8, 4) is 0 Å². The van der Waals surface area contributed by atoms with E-state index in [1.54, 1.807) is 0 Å². The summed E-state index contributed by atoms with van der Waals surface area (Å²) in [5.41, 5.74) is 5.68. The molecule has 1 aliphatic heterocycles. The van der Waals surface area contributed by atoms with E-state index in [0.29, 0.717) is 5.84 Å². The normalized spacial score (nSPS) is 22.3. The molecule has 0 saturated carbocycles. The molecular weight excluding hydrogens is 230 g/mol. The Balaban J connectivity index is 1.85. The molecule has 0 aliphatic carbocycles. The zero-order valence-corrected chi connectivity index (χ0v) is 10.8. The second-order valence-corrected chi connectivity index (χ2v) is 4.87. The van der Waals surface area contributed by atoms with Gasteiger partial charge >= 0.3 is 0 Å². The van der Waals surface area contributed by atoms with E-state index < -0.39 is 0 Å². The summed E-state index contributed by atoms with van der Waals surface area (Å²) in [7, 11) is 2.01. The minimum absolute atomic E-state index is 0.185. The predicted octanol–water partition coefficient (Wildman–Crippen LogP) is 0.421. The van der Waals surface area contributed by atoms with Gasteiger partial charge in [-0.3, -0.25) is 0 Å². The number of piperidine rings is 1. The maximum atomic E-state index is 8.72. The largest absolute Gasteiger partial charge is 0.409 e. The van der Waals surface area contributed by atoms with Gasteiger partial charge in [0.05, 0.1) is 0 Å². The van der Waals surface area contributed by atoms with Crippen LogP contribution >= 0.6 is 0 Å². The number of aromatic nitrogens is 2. The number of likely N-dealkylation sites (tertiary alicyclic amines) is 1. The smallest absolute Gasteiger partial charge is 0.143 e. The van der Waals surface area contributed by atoms with Crippen molar-refractivity contribution in [1.29, 1.82) is 0 Å². The highest BCUT2D eigenvalue weighted by molar-refractivity contribution is 5.82. The second-order valence-electron chi connectivity index (χ2n) is 4.87. The number of oxime groups is 1. The molecule has 0 spiro atoms. The molecule has 1 aromatic heterocycles. The third-order valence-electron chi connectivity index (χ3n) is 3.61. The van der Waals surface area contributed by atoms with Crippen molar-refractivity contribution < 1.29 is 5.21 Å². The quantitative estimate of drug-likeness (QED) is 0.352. The van der Waals surface area contributed by atoms with Crippen molar-refractivity contribution in [2.45, 2.75) is 19.3 Å². The molecule has 0 aromatic carbocycles. The Morgan fingerprint density at radius 3 is 3.17 bits per heavy atom. The van der Waals surface area contributed by atoms with Gasteiger partial charge in [0.1, 0.15) is 11.7 Å². The van der Waals surface area contributed by atoms with Crippen molar-refractivity contribution in [2.24, 2.45) is 23.9 Å². The average Bonchev–Trinajstić information content (AvgIpc) is 2.81.